The van der Waals surface area contributed by atoms with Crippen molar-refractivity contribution in [1.82, 2.24) is 9.38 Å². The first-order chi connectivity index (χ1) is 9.66. The summed E-state index contributed by atoms with van der Waals surface area (Å²) in [4.78, 5) is 4.47. The standard InChI is InChI=1S/C15H13ClFN3/c1-10-13(20-8-3-2-7-14(20)19-10)9-18-15-11(16)5-4-6-12(15)17/h2-8,18H,9H2,1H3. The van der Waals surface area contributed by atoms with Gasteiger partial charge in [-0.15, -0.1) is 0 Å². The quantitative estimate of drug-likeness (QED) is 0.788. The van der Waals surface area contributed by atoms with E-state index in [1.54, 1.807) is 12.1 Å². The maximum absolute atomic E-state index is 13.7. The molecular weight excluding hydrogens is 277 g/mol. The molecule has 0 radical (unpaired) electrons. The van der Waals surface area contributed by atoms with E-state index in [4.69, 9.17) is 11.6 Å². The third kappa shape index (κ3) is 2.23. The van der Waals surface area contributed by atoms with Gasteiger partial charge in [0.1, 0.15) is 11.5 Å². The van der Waals surface area contributed by atoms with Crippen molar-refractivity contribution in [2.24, 2.45) is 0 Å². The van der Waals surface area contributed by atoms with Gasteiger partial charge >= 0.3 is 0 Å². The van der Waals surface area contributed by atoms with E-state index in [0.29, 0.717) is 17.3 Å². The molecule has 0 fully saturated rings. The highest BCUT2D eigenvalue weighted by Crippen LogP contribution is 2.25. The molecule has 0 bridgehead atoms. The maximum Gasteiger partial charge on any atom is 0.147 e. The summed E-state index contributed by atoms with van der Waals surface area (Å²) in [6.45, 7) is 2.39. The number of anilines is 1. The number of aryl methyl sites for hydroxylation is 1. The molecule has 0 saturated carbocycles. The van der Waals surface area contributed by atoms with Gasteiger partial charge < -0.3 is 9.72 Å². The van der Waals surface area contributed by atoms with E-state index in [-0.39, 0.29) is 5.82 Å². The second kappa shape index (κ2) is 5.13. The fourth-order valence-corrected chi connectivity index (χ4v) is 2.45. The van der Waals surface area contributed by atoms with E-state index >= 15 is 0 Å². The second-order valence-electron chi connectivity index (χ2n) is 4.52. The lowest BCUT2D eigenvalue weighted by molar-refractivity contribution is 0.630. The largest absolute Gasteiger partial charge is 0.376 e. The number of hydrogen-bond donors (Lipinski definition) is 1. The summed E-state index contributed by atoms with van der Waals surface area (Å²) in [5.41, 5.74) is 3.09. The van der Waals surface area contributed by atoms with Crippen LogP contribution < -0.4 is 5.32 Å². The molecule has 1 aromatic carbocycles. The summed E-state index contributed by atoms with van der Waals surface area (Å²) in [6, 6.07) is 10.4. The van der Waals surface area contributed by atoms with Gasteiger partial charge in [-0.2, -0.15) is 0 Å². The molecule has 0 atom stereocenters. The molecule has 1 N–H and O–H groups in total. The SMILES string of the molecule is Cc1nc2ccccn2c1CNc1c(F)cccc1Cl. The van der Waals surface area contributed by atoms with Crippen LogP contribution in [0.4, 0.5) is 10.1 Å². The summed E-state index contributed by atoms with van der Waals surface area (Å²) in [5.74, 6) is -0.357. The number of imidazole rings is 1. The zero-order valence-electron chi connectivity index (χ0n) is 10.9. The number of hydrogen-bond acceptors (Lipinski definition) is 2. The van der Waals surface area contributed by atoms with Gasteiger partial charge in [-0.3, -0.25) is 0 Å². The molecule has 0 amide bonds. The van der Waals surface area contributed by atoms with Crippen LogP contribution in [0.5, 0.6) is 0 Å². The van der Waals surface area contributed by atoms with Crippen LogP contribution in [-0.2, 0) is 6.54 Å². The Balaban J connectivity index is 1.93. The third-order valence-electron chi connectivity index (χ3n) is 3.22. The minimum atomic E-state index is -0.357. The summed E-state index contributed by atoms with van der Waals surface area (Å²) < 4.78 is 15.7. The van der Waals surface area contributed by atoms with Crippen LogP contribution in [0.25, 0.3) is 5.65 Å². The van der Waals surface area contributed by atoms with Crippen molar-refractivity contribution >= 4 is 22.9 Å². The minimum Gasteiger partial charge on any atom is -0.376 e. The Labute approximate surface area is 121 Å². The average molecular weight is 290 g/mol. The van der Waals surface area contributed by atoms with Crippen molar-refractivity contribution in [2.45, 2.75) is 13.5 Å². The van der Waals surface area contributed by atoms with Crippen LogP contribution in [0.2, 0.25) is 5.02 Å². The highest BCUT2D eigenvalue weighted by molar-refractivity contribution is 6.33. The molecule has 5 heteroatoms. The van der Waals surface area contributed by atoms with E-state index in [1.165, 1.54) is 6.07 Å². The lowest BCUT2D eigenvalue weighted by Gasteiger charge is -2.10. The monoisotopic (exact) mass is 289 g/mol. The highest BCUT2D eigenvalue weighted by Gasteiger charge is 2.10. The Morgan fingerprint density at radius 3 is 2.90 bits per heavy atom. The Bertz CT molecular complexity index is 747. The Hall–Kier alpha value is -2.07. The van der Waals surface area contributed by atoms with Crippen LogP contribution in [0.1, 0.15) is 11.4 Å². The molecular formula is C15H13ClFN3. The zero-order valence-corrected chi connectivity index (χ0v) is 11.7. The fourth-order valence-electron chi connectivity index (χ4n) is 2.22. The first kappa shape index (κ1) is 12.9. The van der Waals surface area contributed by atoms with Crippen molar-refractivity contribution in [1.29, 1.82) is 0 Å². The van der Waals surface area contributed by atoms with Crippen LogP contribution in [0.15, 0.2) is 42.6 Å². The normalized spacial score (nSPS) is 10.9. The lowest BCUT2D eigenvalue weighted by Crippen LogP contribution is -2.05. The molecule has 102 valence electrons. The predicted octanol–water partition coefficient (Wildman–Crippen LogP) is 4.05. The molecule has 0 aliphatic carbocycles. The number of nitrogens with one attached hydrogen (secondary N) is 1. The topological polar surface area (TPSA) is 29.3 Å². The van der Waals surface area contributed by atoms with Gasteiger partial charge in [0.2, 0.25) is 0 Å². The number of halogens is 2. The Kier molecular flexibility index (Phi) is 3.32. The first-order valence-electron chi connectivity index (χ1n) is 6.27. The minimum absolute atomic E-state index is 0.319. The van der Waals surface area contributed by atoms with Crippen molar-refractivity contribution in [3.63, 3.8) is 0 Å². The number of fused-ring (bicyclic) bond motifs is 1. The maximum atomic E-state index is 13.7. The van der Waals surface area contributed by atoms with Gasteiger partial charge in [0.25, 0.3) is 0 Å². The Morgan fingerprint density at radius 1 is 1.25 bits per heavy atom. The molecule has 3 rings (SSSR count). The van der Waals surface area contributed by atoms with Gasteiger partial charge in [0, 0.05) is 6.20 Å². The van der Waals surface area contributed by atoms with E-state index in [1.807, 2.05) is 35.7 Å². The number of para-hydroxylation sites is 1. The van der Waals surface area contributed by atoms with Gasteiger partial charge in [-0.25, -0.2) is 9.37 Å². The van der Waals surface area contributed by atoms with Crippen LogP contribution in [0.3, 0.4) is 0 Å². The van der Waals surface area contributed by atoms with E-state index < -0.39 is 0 Å². The molecule has 2 aromatic heterocycles. The van der Waals surface area contributed by atoms with Gasteiger partial charge in [-0.05, 0) is 31.2 Å². The van der Waals surface area contributed by atoms with E-state index in [9.17, 15) is 4.39 Å². The van der Waals surface area contributed by atoms with Crippen molar-refractivity contribution in [3.05, 3.63) is 64.8 Å². The predicted molar refractivity (Wildman–Crippen MR) is 78.7 cm³/mol. The molecule has 0 aliphatic heterocycles. The molecule has 2 heterocycles. The van der Waals surface area contributed by atoms with E-state index in [0.717, 1.165) is 17.0 Å². The number of rotatable bonds is 3. The second-order valence-corrected chi connectivity index (χ2v) is 4.93. The van der Waals surface area contributed by atoms with Crippen LogP contribution in [0, 0.1) is 12.7 Å². The lowest BCUT2D eigenvalue weighted by atomic mass is 10.2. The van der Waals surface area contributed by atoms with Gasteiger partial charge in [0.15, 0.2) is 0 Å². The van der Waals surface area contributed by atoms with E-state index in [2.05, 4.69) is 10.3 Å². The molecule has 0 unspecified atom stereocenters. The average Bonchev–Trinajstić information content (AvgIpc) is 2.74. The first-order valence-corrected chi connectivity index (χ1v) is 6.65. The molecule has 3 aromatic rings. The zero-order chi connectivity index (χ0) is 14.1. The summed E-state index contributed by atoms with van der Waals surface area (Å²) in [6.07, 6.45) is 1.94. The number of pyridine rings is 1. The van der Waals surface area contributed by atoms with Crippen molar-refractivity contribution in [3.8, 4) is 0 Å². The highest BCUT2D eigenvalue weighted by atomic mass is 35.5. The van der Waals surface area contributed by atoms with Crippen LogP contribution in [-0.4, -0.2) is 9.38 Å². The Morgan fingerprint density at radius 2 is 2.10 bits per heavy atom. The smallest absolute Gasteiger partial charge is 0.147 e. The summed E-state index contributed by atoms with van der Waals surface area (Å²) in [5, 5.41) is 3.42. The molecule has 0 aliphatic rings. The van der Waals surface area contributed by atoms with Crippen molar-refractivity contribution in [2.75, 3.05) is 5.32 Å². The van der Waals surface area contributed by atoms with Gasteiger partial charge in [-0.1, -0.05) is 23.7 Å². The van der Waals surface area contributed by atoms with Crippen LogP contribution >= 0.6 is 11.6 Å². The fraction of sp³-hybridized carbons (Fsp3) is 0.133. The summed E-state index contributed by atoms with van der Waals surface area (Å²) >= 11 is 6.00. The van der Waals surface area contributed by atoms with Gasteiger partial charge in [0.05, 0.1) is 28.6 Å². The molecule has 0 spiro atoms. The van der Waals surface area contributed by atoms with Crippen molar-refractivity contribution < 1.29 is 4.39 Å². The number of aromatic nitrogens is 2. The number of nitrogens with zero attached hydrogens (tertiary/aromatic N) is 2. The number of benzene rings is 1. The molecule has 3 nitrogen and oxygen atoms in total. The third-order valence-corrected chi connectivity index (χ3v) is 3.54. The summed E-state index contributed by atoms with van der Waals surface area (Å²) in [7, 11) is 0. The molecule has 0 saturated heterocycles. The molecule has 20 heavy (non-hydrogen) atoms.